The highest BCUT2D eigenvalue weighted by Crippen LogP contribution is 2.49. The molecule has 186 valence electrons. The summed E-state index contributed by atoms with van der Waals surface area (Å²) in [5.41, 5.74) is 5.51. The quantitative estimate of drug-likeness (QED) is 0.540. The van der Waals surface area contributed by atoms with E-state index in [1.165, 1.54) is 5.56 Å². The molecule has 6 nitrogen and oxygen atoms in total. The van der Waals surface area contributed by atoms with Gasteiger partial charge in [0.15, 0.2) is 11.6 Å². The lowest BCUT2D eigenvalue weighted by molar-refractivity contribution is -0.138. The number of aliphatic carboxylic acids is 1. The summed E-state index contributed by atoms with van der Waals surface area (Å²) in [5, 5.41) is 9.99. The number of hydrogen-bond donors (Lipinski definition) is 1. The molecule has 7 heteroatoms. The minimum absolute atomic E-state index is 0.0302. The fourth-order valence-corrected chi connectivity index (χ4v) is 5.78. The number of carbonyl (C=O) groups excluding carboxylic acids is 2. The summed E-state index contributed by atoms with van der Waals surface area (Å²) >= 11 is 6.65. The van der Waals surface area contributed by atoms with Crippen LogP contribution in [0.15, 0.2) is 65.0 Å². The van der Waals surface area contributed by atoms with Gasteiger partial charge in [-0.25, -0.2) is 0 Å². The molecule has 5 rings (SSSR count). The van der Waals surface area contributed by atoms with E-state index in [9.17, 15) is 19.5 Å². The Morgan fingerprint density at radius 3 is 2.14 bits per heavy atom. The van der Waals surface area contributed by atoms with Gasteiger partial charge in [0.1, 0.15) is 18.9 Å². The van der Waals surface area contributed by atoms with Crippen LogP contribution in [0.3, 0.4) is 0 Å². The molecule has 0 aromatic heterocycles. The third-order valence-electron chi connectivity index (χ3n) is 7.18. The monoisotopic (exact) mass is 505 g/mol. The molecule has 0 radical (unpaired) electrons. The fourth-order valence-electron chi connectivity index (χ4n) is 5.54. The third-order valence-corrected chi connectivity index (χ3v) is 7.48. The fraction of sp³-hybridized carbons (Fsp3) is 0.345. The Hall–Kier alpha value is -3.38. The number of rotatable bonds is 6. The molecule has 0 saturated carbocycles. The highest BCUT2D eigenvalue weighted by molar-refractivity contribution is 6.32. The largest absolute Gasteiger partial charge is 0.487 e. The first kappa shape index (κ1) is 24.3. The zero-order valence-corrected chi connectivity index (χ0v) is 20.9. The maximum atomic E-state index is 13.2. The molecule has 1 N–H and O–H groups in total. The van der Waals surface area contributed by atoms with Gasteiger partial charge in [0.05, 0.1) is 5.02 Å². The van der Waals surface area contributed by atoms with Crippen molar-refractivity contribution in [2.45, 2.75) is 58.0 Å². The van der Waals surface area contributed by atoms with E-state index in [2.05, 4.69) is 0 Å². The van der Waals surface area contributed by atoms with Crippen molar-refractivity contribution in [3.05, 3.63) is 86.7 Å². The highest BCUT2D eigenvalue weighted by atomic mass is 35.5. The Morgan fingerprint density at radius 2 is 1.58 bits per heavy atom. The van der Waals surface area contributed by atoms with Crippen molar-refractivity contribution in [1.82, 2.24) is 4.90 Å². The zero-order valence-electron chi connectivity index (χ0n) is 20.2. The summed E-state index contributed by atoms with van der Waals surface area (Å²) in [6, 6.07) is 13.5. The molecular weight excluding hydrogens is 478 g/mol. The van der Waals surface area contributed by atoms with Crippen LogP contribution in [0.5, 0.6) is 5.75 Å². The first-order valence-corrected chi connectivity index (χ1v) is 12.7. The zero-order chi connectivity index (χ0) is 25.4. The van der Waals surface area contributed by atoms with Gasteiger partial charge in [-0.15, -0.1) is 0 Å². The van der Waals surface area contributed by atoms with Gasteiger partial charge >= 0.3 is 5.97 Å². The van der Waals surface area contributed by atoms with Gasteiger partial charge in [-0.2, -0.15) is 0 Å². The van der Waals surface area contributed by atoms with Crippen LogP contribution < -0.4 is 4.74 Å². The smallest absolute Gasteiger partial charge is 0.323 e. The second-order valence-corrected chi connectivity index (χ2v) is 10.1. The summed E-state index contributed by atoms with van der Waals surface area (Å²) in [6.45, 7) is 2.15. The lowest BCUT2D eigenvalue weighted by Gasteiger charge is -2.43. The number of hydrogen-bond acceptors (Lipinski definition) is 5. The van der Waals surface area contributed by atoms with Crippen LogP contribution in [0.1, 0.15) is 61.1 Å². The number of aryl methyl sites for hydroxylation is 1. The van der Waals surface area contributed by atoms with Crippen molar-refractivity contribution >= 4 is 29.1 Å². The van der Waals surface area contributed by atoms with Crippen LogP contribution >= 0.6 is 11.6 Å². The lowest BCUT2D eigenvalue weighted by Crippen LogP contribution is -2.41. The van der Waals surface area contributed by atoms with Crippen LogP contribution in [-0.4, -0.2) is 34.1 Å². The van der Waals surface area contributed by atoms with Gasteiger partial charge in [-0.3, -0.25) is 14.4 Å². The molecule has 0 amide bonds. The van der Waals surface area contributed by atoms with E-state index < -0.39 is 11.9 Å². The molecule has 0 fully saturated rings. The summed E-state index contributed by atoms with van der Waals surface area (Å²) in [7, 11) is 0. The second kappa shape index (κ2) is 9.94. The van der Waals surface area contributed by atoms with Crippen LogP contribution in [0, 0.1) is 6.92 Å². The Balaban J connectivity index is 1.53. The highest BCUT2D eigenvalue weighted by Gasteiger charge is 2.43. The summed E-state index contributed by atoms with van der Waals surface area (Å²) < 4.78 is 5.96. The van der Waals surface area contributed by atoms with Gasteiger partial charge in [0.2, 0.25) is 0 Å². The maximum Gasteiger partial charge on any atom is 0.323 e. The number of benzene rings is 2. The Morgan fingerprint density at radius 1 is 0.972 bits per heavy atom. The standard InChI is InChI=1S/C29H28ClNO5/c1-17-8-10-18(11-9-17)16-36-25-13-12-19(14-20(25)30)27-28-21(4-2-6-23(28)32)31(15-26(34)35)22-5-3-7-24(33)29(22)27/h8-14,27H,2-7,15-16H2,1H3,(H,34,35). The summed E-state index contributed by atoms with van der Waals surface area (Å²) in [5.74, 6) is -1.06. The van der Waals surface area contributed by atoms with E-state index in [0.29, 0.717) is 67.1 Å². The maximum absolute atomic E-state index is 13.2. The van der Waals surface area contributed by atoms with E-state index in [-0.39, 0.29) is 18.1 Å². The number of halogens is 1. The van der Waals surface area contributed by atoms with Crippen LogP contribution in [-0.2, 0) is 21.0 Å². The number of carboxylic acids is 1. The first-order chi connectivity index (χ1) is 17.3. The number of ether oxygens (including phenoxy) is 1. The van der Waals surface area contributed by atoms with E-state index in [0.717, 1.165) is 22.5 Å². The van der Waals surface area contributed by atoms with Gasteiger partial charge < -0.3 is 14.7 Å². The topological polar surface area (TPSA) is 83.9 Å². The minimum Gasteiger partial charge on any atom is -0.487 e. The van der Waals surface area contributed by atoms with Crippen molar-refractivity contribution in [2.75, 3.05) is 6.54 Å². The minimum atomic E-state index is -0.985. The Bertz CT molecular complexity index is 1260. The van der Waals surface area contributed by atoms with Gasteiger partial charge in [-0.05, 0) is 55.9 Å². The van der Waals surface area contributed by atoms with Crippen LogP contribution in [0.25, 0.3) is 0 Å². The third kappa shape index (κ3) is 4.58. The van der Waals surface area contributed by atoms with Crippen LogP contribution in [0.2, 0.25) is 5.02 Å². The van der Waals surface area contributed by atoms with Crippen molar-refractivity contribution < 1.29 is 24.2 Å². The van der Waals surface area contributed by atoms with Crippen molar-refractivity contribution in [1.29, 1.82) is 0 Å². The summed E-state index contributed by atoms with van der Waals surface area (Å²) in [6.07, 6.45) is 3.34. The normalized spacial score (nSPS) is 18.3. The molecule has 2 aromatic rings. The van der Waals surface area contributed by atoms with Crippen LogP contribution in [0.4, 0.5) is 0 Å². The average molecular weight is 506 g/mol. The average Bonchev–Trinajstić information content (AvgIpc) is 2.85. The lowest BCUT2D eigenvalue weighted by atomic mass is 9.71. The van der Waals surface area contributed by atoms with Gasteiger partial charge in [-0.1, -0.05) is 47.5 Å². The first-order valence-electron chi connectivity index (χ1n) is 12.3. The van der Waals surface area contributed by atoms with E-state index in [1.54, 1.807) is 17.0 Å². The number of carboxylic acid groups (broad SMARTS) is 1. The molecule has 36 heavy (non-hydrogen) atoms. The molecular formula is C29H28ClNO5. The molecule has 0 bridgehead atoms. The Kier molecular flexibility index (Phi) is 6.71. The van der Waals surface area contributed by atoms with Gasteiger partial charge in [0, 0.05) is 41.3 Å². The Labute approximate surface area is 215 Å². The predicted molar refractivity (Wildman–Crippen MR) is 136 cm³/mol. The number of Topliss-reactive ketones (excluding diaryl/α,β-unsaturated/α-hetero) is 2. The molecule has 0 saturated heterocycles. The van der Waals surface area contributed by atoms with Crippen molar-refractivity contribution in [3.8, 4) is 5.75 Å². The molecule has 2 aliphatic carbocycles. The molecule has 0 unspecified atom stereocenters. The van der Waals surface area contributed by atoms with Gasteiger partial charge in [0.25, 0.3) is 0 Å². The molecule has 1 heterocycles. The predicted octanol–water partition coefficient (Wildman–Crippen LogP) is 5.73. The SMILES string of the molecule is Cc1ccc(COc2ccc(C3C4=C(CCCC4=O)N(CC(=O)O)C4=C3C(=O)CCC4)cc2Cl)cc1. The number of ketones is 2. The molecule has 1 aliphatic heterocycles. The molecule has 0 atom stereocenters. The van der Waals surface area contributed by atoms with Crippen molar-refractivity contribution in [2.24, 2.45) is 0 Å². The molecule has 0 spiro atoms. The molecule has 2 aromatic carbocycles. The number of carbonyl (C=O) groups is 3. The van der Waals surface area contributed by atoms with Crippen molar-refractivity contribution in [3.63, 3.8) is 0 Å². The van der Waals surface area contributed by atoms with E-state index in [1.807, 2.05) is 37.3 Å². The number of nitrogens with zero attached hydrogens (tertiary/aromatic N) is 1. The van der Waals surface area contributed by atoms with E-state index >= 15 is 0 Å². The summed E-state index contributed by atoms with van der Waals surface area (Å²) in [4.78, 5) is 39.9. The number of allylic oxidation sites excluding steroid dienone is 4. The second-order valence-electron chi connectivity index (χ2n) is 9.65. The van der Waals surface area contributed by atoms with E-state index in [4.69, 9.17) is 16.3 Å². The molecule has 3 aliphatic rings.